The monoisotopic (exact) mass is 260 g/mol. The molecule has 2 rings (SSSR count). The second kappa shape index (κ2) is 5.57. The molecule has 0 amide bonds. The maximum absolute atomic E-state index is 10.5. The van der Waals surface area contributed by atoms with Crippen LogP contribution in [0.2, 0.25) is 0 Å². The van der Waals surface area contributed by atoms with E-state index in [-0.39, 0.29) is 32.7 Å². The van der Waals surface area contributed by atoms with Crippen LogP contribution in [-0.4, -0.2) is 6.29 Å². The number of aldehydes is 1. The number of benzene rings is 1. The third kappa shape index (κ3) is 2.62. The van der Waals surface area contributed by atoms with Gasteiger partial charge >= 0.3 is 0 Å². The number of carbonyl (C=O) groups excluding carboxylic acids is 1. The Morgan fingerprint density at radius 3 is 2.86 bits per heavy atom. The molecule has 0 saturated carbocycles. The van der Waals surface area contributed by atoms with E-state index in [0.29, 0.717) is 0 Å². The molecule has 1 aliphatic carbocycles. The Kier molecular flexibility index (Phi) is 4.70. The molecule has 0 unspecified atom stereocenters. The first kappa shape index (κ1) is 11.8. The van der Waals surface area contributed by atoms with E-state index in [0.717, 1.165) is 30.3 Å². The van der Waals surface area contributed by atoms with Gasteiger partial charge in [-0.3, -0.25) is 10.9 Å². The largest absolute Gasteiger partial charge is 0.298 e. The Balaban J connectivity index is 0.000000980. The summed E-state index contributed by atoms with van der Waals surface area (Å²) >= 11 is 0. The fourth-order valence-electron chi connectivity index (χ4n) is 1.64. The fourth-order valence-corrected chi connectivity index (χ4v) is 1.64. The van der Waals surface area contributed by atoms with Crippen LogP contribution in [0.5, 0.6) is 0 Å². The summed E-state index contributed by atoms with van der Waals surface area (Å²) in [4.78, 5) is 10.5. The summed E-state index contributed by atoms with van der Waals surface area (Å²) < 4.78 is 0. The van der Waals surface area contributed by atoms with Gasteiger partial charge in [0.1, 0.15) is 6.29 Å². The Morgan fingerprint density at radius 1 is 1.36 bits per heavy atom. The second-order valence-corrected chi connectivity index (χ2v) is 3.25. The summed E-state index contributed by atoms with van der Waals surface area (Å²) in [6.45, 7) is 0. The molecule has 1 nitrogen and oxygen atoms in total. The number of carbonyl (C=O) groups is 1. The first-order valence-corrected chi connectivity index (χ1v) is 4.55. The topological polar surface area (TPSA) is 17.1 Å². The molecule has 1 aromatic carbocycles. The van der Waals surface area contributed by atoms with Crippen molar-refractivity contribution in [3.05, 3.63) is 41.5 Å². The van der Waals surface area contributed by atoms with Crippen molar-refractivity contribution in [2.45, 2.75) is 19.3 Å². The molecule has 0 saturated heterocycles. The van der Waals surface area contributed by atoms with Crippen LogP contribution in [0.1, 0.15) is 35.2 Å². The van der Waals surface area contributed by atoms with Gasteiger partial charge in [-0.1, -0.05) is 25.0 Å². The molecular formula is C12H11OY-. The average Bonchev–Trinajstić information content (AvgIpc) is 2.71. The van der Waals surface area contributed by atoms with Gasteiger partial charge in [0.2, 0.25) is 0 Å². The zero-order valence-corrected chi connectivity index (χ0v) is 10.8. The summed E-state index contributed by atoms with van der Waals surface area (Å²) in [6.07, 6.45) is 7.56. The summed E-state index contributed by atoms with van der Waals surface area (Å²) in [5.41, 5.74) is 3.17. The number of hydrogen-bond donors (Lipinski definition) is 0. The van der Waals surface area contributed by atoms with Gasteiger partial charge in [-0.05, 0) is 5.56 Å². The van der Waals surface area contributed by atoms with E-state index in [1.807, 2.05) is 24.3 Å². The van der Waals surface area contributed by atoms with E-state index >= 15 is 0 Å². The molecule has 69 valence electrons. The Morgan fingerprint density at radius 2 is 2.21 bits per heavy atom. The Hall–Kier alpha value is -0.266. The van der Waals surface area contributed by atoms with Crippen molar-refractivity contribution in [1.29, 1.82) is 0 Å². The first-order valence-electron chi connectivity index (χ1n) is 4.55. The van der Waals surface area contributed by atoms with E-state index in [9.17, 15) is 4.79 Å². The SMILES string of the molecule is O=Cc1cccc(C2=[C-]CCC2)c1.[Y]. The molecule has 1 radical (unpaired) electrons. The third-order valence-electron chi connectivity index (χ3n) is 2.31. The molecule has 0 N–H and O–H groups in total. The van der Waals surface area contributed by atoms with E-state index in [4.69, 9.17) is 0 Å². The van der Waals surface area contributed by atoms with Gasteiger partial charge in [0.05, 0.1) is 0 Å². The Labute approximate surface area is 109 Å². The van der Waals surface area contributed by atoms with Crippen LogP contribution >= 0.6 is 0 Å². The molecule has 0 fully saturated rings. The summed E-state index contributed by atoms with van der Waals surface area (Å²) in [5, 5.41) is 0. The third-order valence-corrected chi connectivity index (χ3v) is 2.31. The number of hydrogen-bond acceptors (Lipinski definition) is 1. The van der Waals surface area contributed by atoms with Gasteiger partial charge < -0.3 is 0 Å². The normalized spacial score (nSPS) is 14.4. The molecule has 1 aromatic rings. The van der Waals surface area contributed by atoms with Crippen molar-refractivity contribution in [2.75, 3.05) is 0 Å². The predicted molar refractivity (Wildman–Crippen MR) is 52.3 cm³/mol. The predicted octanol–water partition coefficient (Wildman–Crippen LogP) is 2.87. The van der Waals surface area contributed by atoms with Crippen LogP contribution < -0.4 is 0 Å². The summed E-state index contributed by atoms with van der Waals surface area (Å²) in [7, 11) is 0. The van der Waals surface area contributed by atoms with Crippen LogP contribution in [0, 0.1) is 6.08 Å². The molecule has 0 heterocycles. The molecule has 0 aliphatic heterocycles. The molecule has 14 heavy (non-hydrogen) atoms. The van der Waals surface area contributed by atoms with E-state index in [1.165, 1.54) is 12.0 Å². The second-order valence-electron chi connectivity index (χ2n) is 3.25. The van der Waals surface area contributed by atoms with Crippen molar-refractivity contribution < 1.29 is 37.5 Å². The molecule has 2 heteroatoms. The molecule has 0 aromatic heterocycles. The van der Waals surface area contributed by atoms with Crippen LogP contribution in [0.4, 0.5) is 0 Å². The standard InChI is InChI=1S/C12H11O.Y/c13-9-10-4-3-7-12(8-10)11-5-1-2-6-11;/h3-4,7-9H,1-2,5H2;/q-1;. The van der Waals surface area contributed by atoms with Crippen molar-refractivity contribution in [1.82, 2.24) is 0 Å². The zero-order valence-electron chi connectivity index (χ0n) is 7.99. The van der Waals surface area contributed by atoms with Crippen molar-refractivity contribution in [3.8, 4) is 0 Å². The van der Waals surface area contributed by atoms with E-state index in [2.05, 4.69) is 6.08 Å². The minimum Gasteiger partial charge on any atom is -0.298 e. The molecule has 1 aliphatic rings. The molecule has 0 atom stereocenters. The van der Waals surface area contributed by atoms with Gasteiger partial charge in [0.25, 0.3) is 0 Å². The van der Waals surface area contributed by atoms with Gasteiger partial charge in [-0.15, -0.1) is 18.6 Å². The maximum atomic E-state index is 10.5. The van der Waals surface area contributed by atoms with Crippen molar-refractivity contribution >= 4 is 11.9 Å². The van der Waals surface area contributed by atoms with Crippen LogP contribution in [0.25, 0.3) is 5.57 Å². The quantitative estimate of drug-likeness (QED) is 0.590. The zero-order chi connectivity index (χ0) is 9.10. The van der Waals surface area contributed by atoms with Crippen molar-refractivity contribution in [3.63, 3.8) is 0 Å². The first-order chi connectivity index (χ1) is 6.40. The molecular weight excluding hydrogens is 249 g/mol. The van der Waals surface area contributed by atoms with E-state index < -0.39 is 0 Å². The van der Waals surface area contributed by atoms with Gasteiger partial charge in [-0.25, -0.2) is 5.57 Å². The van der Waals surface area contributed by atoms with Gasteiger partial charge in [0.15, 0.2) is 0 Å². The minimum atomic E-state index is 0. The van der Waals surface area contributed by atoms with E-state index in [1.54, 1.807) is 0 Å². The summed E-state index contributed by atoms with van der Waals surface area (Å²) in [5.74, 6) is 0. The summed E-state index contributed by atoms with van der Waals surface area (Å²) in [6, 6.07) is 7.72. The maximum Gasteiger partial charge on any atom is 0.148 e. The smallest absolute Gasteiger partial charge is 0.148 e. The minimum absolute atomic E-state index is 0. The van der Waals surface area contributed by atoms with Crippen LogP contribution in [0.3, 0.4) is 0 Å². The van der Waals surface area contributed by atoms with Crippen LogP contribution in [0.15, 0.2) is 24.3 Å². The van der Waals surface area contributed by atoms with Crippen molar-refractivity contribution in [2.24, 2.45) is 0 Å². The fraction of sp³-hybridized carbons (Fsp3) is 0.250. The molecule has 0 bridgehead atoms. The molecule has 0 spiro atoms. The van der Waals surface area contributed by atoms with Gasteiger partial charge in [-0.2, -0.15) is 5.56 Å². The number of allylic oxidation sites excluding steroid dienone is 2. The Bertz CT molecular complexity index is 355. The number of rotatable bonds is 2. The van der Waals surface area contributed by atoms with Gasteiger partial charge in [0, 0.05) is 32.7 Å². The van der Waals surface area contributed by atoms with Crippen LogP contribution in [-0.2, 0) is 32.7 Å². The average molecular weight is 260 g/mol.